The molecule has 0 atom stereocenters. The fraction of sp³-hybridized carbons (Fsp3) is 0.571. The minimum atomic E-state index is -0.0842. The lowest BCUT2D eigenvalue weighted by molar-refractivity contribution is 0.0935. The number of amides is 1. The van der Waals surface area contributed by atoms with E-state index in [0.29, 0.717) is 17.0 Å². The highest BCUT2D eigenvalue weighted by Crippen LogP contribution is 2.51. The van der Waals surface area contributed by atoms with Gasteiger partial charge in [-0.15, -0.1) is 0 Å². The summed E-state index contributed by atoms with van der Waals surface area (Å²) in [5, 5.41) is 6.01. The van der Waals surface area contributed by atoms with Crippen LogP contribution >= 0.6 is 0 Å². The summed E-state index contributed by atoms with van der Waals surface area (Å²) in [6.45, 7) is 5.20. The Balaban J connectivity index is 1.95. The van der Waals surface area contributed by atoms with Gasteiger partial charge in [0.15, 0.2) is 0 Å². The number of aromatic nitrogens is 1. The van der Waals surface area contributed by atoms with Crippen molar-refractivity contribution in [1.29, 1.82) is 0 Å². The summed E-state index contributed by atoms with van der Waals surface area (Å²) in [5.41, 5.74) is 1.71. The van der Waals surface area contributed by atoms with Crippen molar-refractivity contribution in [3.8, 4) is 0 Å². The van der Waals surface area contributed by atoms with Crippen molar-refractivity contribution >= 4 is 11.6 Å². The molecular weight excluding hydrogens is 226 g/mol. The van der Waals surface area contributed by atoms with Gasteiger partial charge >= 0.3 is 0 Å². The molecule has 0 spiro atoms. The SMILES string of the molecule is CNc1ccnc(C(=O)NCC2(C(C)C)CC2)c1. The number of rotatable bonds is 5. The number of carbonyl (C=O) groups is 1. The van der Waals surface area contributed by atoms with Gasteiger partial charge in [0.2, 0.25) is 0 Å². The first-order valence-corrected chi connectivity index (χ1v) is 6.49. The molecule has 18 heavy (non-hydrogen) atoms. The Morgan fingerprint density at radius 2 is 2.22 bits per heavy atom. The topological polar surface area (TPSA) is 54.0 Å². The van der Waals surface area contributed by atoms with E-state index < -0.39 is 0 Å². The molecule has 0 radical (unpaired) electrons. The molecule has 0 aromatic carbocycles. The normalized spacial score (nSPS) is 16.4. The van der Waals surface area contributed by atoms with E-state index in [9.17, 15) is 4.79 Å². The summed E-state index contributed by atoms with van der Waals surface area (Å²) in [4.78, 5) is 16.1. The van der Waals surface area contributed by atoms with Crippen molar-refractivity contribution < 1.29 is 4.79 Å². The fourth-order valence-corrected chi connectivity index (χ4v) is 2.18. The molecule has 1 aromatic heterocycles. The van der Waals surface area contributed by atoms with Gasteiger partial charge in [-0.1, -0.05) is 13.8 Å². The lowest BCUT2D eigenvalue weighted by Gasteiger charge is -2.19. The Morgan fingerprint density at radius 3 is 2.78 bits per heavy atom. The molecule has 98 valence electrons. The molecule has 1 fully saturated rings. The van der Waals surface area contributed by atoms with Crippen LogP contribution in [0.5, 0.6) is 0 Å². The first kappa shape index (κ1) is 12.9. The largest absolute Gasteiger partial charge is 0.388 e. The van der Waals surface area contributed by atoms with Crippen molar-refractivity contribution in [3.05, 3.63) is 24.0 Å². The third-order valence-electron chi connectivity index (χ3n) is 4.00. The van der Waals surface area contributed by atoms with E-state index >= 15 is 0 Å². The number of anilines is 1. The zero-order valence-corrected chi connectivity index (χ0v) is 11.3. The Kier molecular flexibility index (Phi) is 3.55. The van der Waals surface area contributed by atoms with Crippen LogP contribution in [0.1, 0.15) is 37.2 Å². The molecule has 1 aromatic rings. The molecule has 1 amide bonds. The second-order valence-electron chi connectivity index (χ2n) is 5.38. The zero-order chi connectivity index (χ0) is 13.2. The van der Waals surface area contributed by atoms with Crippen molar-refractivity contribution in [2.24, 2.45) is 11.3 Å². The van der Waals surface area contributed by atoms with Crippen LogP contribution < -0.4 is 10.6 Å². The second kappa shape index (κ2) is 4.96. The van der Waals surface area contributed by atoms with Crippen LogP contribution in [0.2, 0.25) is 0 Å². The molecule has 1 aliphatic carbocycles. The average molecular weight is 247 g/mol. The Labute approximate surface area is 108 Å². The summed E-state index contributed by atoms with van der Waals surface area (Å²) in [7, 11) is 1.83. The van der Waals surface area contributed by atoms with Gasteiger partial charge in [0.05, 0.1) is 0 Å². The van der Waals surface area contributed by atoms with E-state index in [4.69, 9.17) is 0 Å². The summed E-state index contributed by atoms with van der Waals surface area (Å²) >= 11 is 0. The van der Waals surface area contributed by atoms with Crippen molar-refractivity contribution in [3.63, 3.8) is 0 Å². The summed E-state index contributed by atoms with van der Waals surface area (Å²) in [6, 6.07) is 3.61. The highest BCUT2D eigenvalue weighted by molar-refractivity contribution is 5.93. The first-order chi connectivity index (χ1) is 8.57. The Morgan fingerprint density at radius 1 is 1.50 bits per heavy atom. The molecule has 0 unspecified atom stereocenters. The van der Waals surface area contributed by atoms with Gasteiger partial charge in [-0.25, -0.2) is 0 Å². The van der Waals surface area contributed by atoms with Crippen LogP contribution in [-0.2, 0) is 0 Å². The molecule has 1 aliphatic rings. The summed E-state index contributed by atoms with van der Waals surface area (Å²) < 4.78 is 0. The van der Waals surface area contributed by atoms with Crippen LogP contribution in [0, 0.1) is 11.3 Å². The van der Waals surface area contributed by atoms with E-state index in [2.05, 4.69) is 29.5 Å². The van der Waals surface area contributed by atoms with E-state index in [-0.39, 0.29) is 5.91 Å². The highest BCUT2D eigenvalue weighted by Gasteiger charge is 2.45. The van der Waals surface area contributed by atoms with Crippen LogP contribution in [0.25, 0.3) is 0 Å². The minimum Gasteiger partial charge on any atom is -0.388 e. The molecule has 0 aliphatic heterocycles. The molecule has 1 heterocycles. The van der Waals surface area contributed by atoms with Crippen LogP contribution in [0.15, 0.2) is 18.3 Å². The maximum atomic E-state index is 12.0. The molecular formula is C14H21N3O. The van der Waals surface area contributed by atoms with Gasteiger partial charge in [0.1, 0.15) is 5.69 Å². The zero-order valence-electron chi connectivity index (χ0n) is 11.3. The molecule has 4 nitrogen and oxygen atoms in total. The summed E-state index contributed by atoms with van der Waals surface area (Å²) in [5.74, 6) is 0.536. The Bertz CT molecular complexity index is 438. The number of nitrogens with zero attached hydrogens (tertiary/aromatic N) is 1. The van der Waals surface area contributed by atoms with Crippen LogP contribution in [0.4, 0.5) is 5.69 Å². The fourth-order valence-electron chi connectivity index (χ4n) is 2.18. The number of hydrogen-bond acceptors (Lipinski definition) is 3. The maximum absolute atomic E-state index is 12.0. The quantitative estimate of drug-likeness (QED) is 0.839. The number of hydrogen-bond donors (Lipinski definition) is 2. The van der Waals surface area contributed by atoms with E-state index in [1.54, 1.807) is 12.3 Å². The van der Waals surface area contributed by atoms with Gasteiger partial charge in [0.25, 0.3) is 5.91 Å². The highest BCUT2D eigenvalue weighted by atomic mass is 16.1. The number of carbonyl (C=O) groups excluding carboxylic acids is 1. The van der Waals surface area contributed by atoms with E-state index in [1.165, 1.54) is 12.8 Å². The number of nitrogens with one attached hydrogen (secondary N) is 2. The number of pyridine rings is 1. The molecule has 2 N–H and O–H groups in total. The maximum Gasteiger partial charge on any atom is 0.269 e. The van der Waals surface area contributed by atoms with Gasteiger partial charge in [-0.2, -0.15) is 0 Å². The second-order valence-corrected chi connectivity index (χ2v) is 5.38. The van der Waals surface area contributed by atoms with E-state index in [0.717, 1.165) is 12.2 Å². The first-order valence-electron chi connectivity index (χ1n) is 6.49. The van der Waals surface area contributed by atoms with E-state index in [1.807, 2.05) is 13.1 Å². The van der Waals surface area contributed by atoms with Crippen molar-refractivity contribution in [2.75, 3.05) is 18.9 Å². The van der Waals surface area contributed by atoms with Crippen molar-refractivity contribution in [1.82, 2.24) is 10.3 Å². The molecule has 0 bridgehead atoms. The molecule has 4 heteroatoms. The molecule has 0 saturated heterocycles. The van der Waals surface area contributed by atoms with Crippen LogP contribution in [-0.4, -0.2) is 24.5 Å². The predicted molar refractivity (Wildman–Crippen MR) is 72.6 cm³/mol. The van der Waals surface area contributed by atoms with Crippen LogP contribution in [0.3, 0.4) is 0 Å². The minimum absolute atomic E-state index is 0.0842. The predicted octanol–water partition coefficient (Wildman–Crippen LogP) is 2.29. The van der Waals surface area contributed by atoms with Gasteiger partial charge < -0.3 is 10.6 Å². The summed E-state index contributed by atoms with van der Waals surface area (Å²) in [6.07, 6.45) is 4.08. The smallest absolute Gasteiger partial charge is 0.269 e. The van der Waals surface area contributed by atoms with Crippen molar-refractivity contribution in [2.45, 2.75) is 26.7 Å². The third-order valence-corrected chi connectivity index (χ3v) is 4.00. The third kappa shape index (κ3) is 2.63. The molecule has 2 rings (SSSR count). The standard InChI is InChI=1S/C14H21N3O/c1-10(2)14(5-6-14)9-17-13(18)12-8-11(15-3)4-7-16-12/h4,7-8,10H,5-6,9H2,1-3H3,(H,15,16)(H,17,18). The average Bonchev–Trinajstić information content (AvgIpc) is 3.17. The monoisotopic (exact) mass is 247 g/mol. The Hall–Kier alpha value is -1.58. The van der Waals surface area contributed by atoms with Gasteiger partial charge in [-0.05, 0) is 36.3 Å². The lowest BCUT2D eigenvalue weighted by atomic mass is 9.92. The lowest BCUT2D eigenvalue weighted by Crippen LogP contribution is -2.33. The molecule has 1 saturated carbocycles. The van der Waals surface area contributed by atoms with Gasteiger partial charge in [0, 0.05) is 25.5 Å². The van der Waals surface area contributed by atoms with Gasteiger partial charge in [-0.3, -0.25) is 9.78 Å².